The Kier molecular flexibility index (Phi) is 4.67. The van der Waals surface area contributed by atoms with Gasteiger partial charge in [-0.2, -0.15) is 0 Å². The molecule has 1 atom stereocenters. The highest BCUT2D eigenvalue weighted by Gasteiger charge is 2.12. The van der Waals surface area contributed by atoms with Crippen molar-refractivity contribution in [2.45, 2.75) is 32.9 Å². The molecule has 0 saturated heterocycles. The van der Waals surface area contributed by atoms with Crippen LogP contribution in [0, 0.1) is 0 Å². The molecule has 0 bridgehead atoms. The molecule has 0 heterocycles. The van der Waals surface area contributed by atoms with E-state index < -0.39 is 0 Å². The molecule has 0 saturated carbocycles. The topological polar surface area (TPSA) is 26.3 Å². The first-order valence-electron chi connectivity index (χ1n) is 3.86. The lowest BCUT2D eigenvalue weighted by molar-refractivity contribution is -0.139. The van der Waals surface area contributed by atoms with Crippen LogP contribution in [0.1, 0.15) is 27.7 Å². The SMILES string of the molecule is CCOC(=O)CPC(C)(C)C. The average Bonchev–Trinajstić information content (AvgIpc) is 1.83. The minimum atomic E-state index is -0.0687. The van der Waals surface area contributed by atoms with Gasteiger partial charge in [-0.15, -0.1) is 8.58 Å². The molecular weight excluding hydrogens is 159 g/mol. The third-order valence-corrected chi connectivity index (χ3v) is 2.59. The maximum atomic E-state index is 10.9. The van der Waals surface area contributed by atoms with Crippen LogP contribution in [0.15, 0.2) is 0 Å². The smallest absolute Gasteiger partial charge is 0.309 e. The number of esters is 1. The summed E-state index contributed by atoms with van der Waals surface area (Å²) >= 11 is 0. The van der Waals surface area contributed by atoms with Gasteiger partial charge in [-0.3, -0.25) is 4.79 Å². The second-order valence-electron chi connectivity index (χ2n) is 3.41. The number of carbonyl (C=O) groups excluding carboxylic acids is 1. The minimum Gasteiger partial charge on any atom is -0.466 e. The molecule has 0 rings (SSSR count). The summed E-state index contributed by atoms with van der Waals surface area (Å²) in [6, 6.07) is 0. The quantitative estimate of drug-likeness (QED) is 0.485. The van der Waals surface area contributed by atoms with E-state index in [0.717, 1.165) is 0 Å². The fourth-order valence-electron chi connectivity index (χ4n) is 0.549. The van der Waals surface area contributed by atoms with Gasteiger partial charge in [0.2, 0.25) is 0 Å². The van der Waals surface area contributed by atoms with Crippen molar-refractivity contribution in [1.82, 2.24) is 0 Å². The van der Waals surface area contributed by atoms with Crippen molar-refractivity contribution in [1.29, 1.82) is 0 Å². The fraction of sp³-hybridized carbons (Fsp3) is 0.875. The summed E-state index contributed by atoms with van der Waals surface area (Å²) < 4.78 is 4.81. The van der Waals surface area contributed by atoms with E-state index in [2.05, 4.69) is 20.8 Å². The van der Waals surface area contributed by atoms with Crippen LogP contribution in [-0.2, 0) is 9.53 Å². The summed E-state index contributed by atoms with van der Waals surface area (Å²) in [4.78, 5) is 10.9. The summed E-state index contributed by atoms with van der Waals surface area (Å²) in [5, 5.41) is 0.257. The third-order valence-electron chi connectivity index (χ3n) is 1.07. The Labute approximate surface area is 70.5 Å². The molecule has 3 heteroatoms. The van der Waals surface area contributed by atoms with Gasteiger partial charge in [0.15, 0.2) is 0 Å². The van der Waals surface area contributed by atoms with Crippen molar-refractivity contribution in [2.24, 2.45) is 0 Å². The van der Waals surface area contributed by atoms with Crippen LogP contribution in [-0.4, -0.2) is 23.9 Å². The van der Waals surface area contributed by atoms with Crippen molar-refractivity contribution in [2.75, 3.05) is 12.8 Å². The Morgan fingerprint density at radius 1 is 1.45 bits per heavy atom. The predicted molar refractivity (Wildman–Crippen MR) is 49.6 cm³/mol. The molecule has 0 spiro atoms. The van der Waals surface area contributed by atoms with Crippen LogP contribution in [0.2, 0.25) is 0 Å². The van der Waals surface area contributed by atoms with Crippen LogP contribution >= 0.6 is 8.58 Å². The molecule has 0 aliphatic heterocycles. The Morgan fingerprint density at radius 2 is 2.00 bits per heavy atom. The molecule has 0 aliphatic rings. The van der Waals surface area contributed by atoms with Gasteiger partial charge in [0.1, 0.15) is 0 Å². The first-order chi connectivity index (χ1) is 4.95. The number of hydrogen-bond acceptors (Lipinski definition) is 2. The van der Waals surface area contributed by atoms with Crippen molar-refractivity contribution >= 4 is 14.6 Å². The Balaban J connectivity index is 3.46. The van der Waals surface area contributed by atoms with E-state index in [9.17, 15) is 4.79 Å². The number of hydrogen-bond donors (Lipinski definition) is 0. The Bertz CT molecular complexity index is 127. The summed E-state index contributed by atoms with van der Waals surface area (Å²) in [6.07, 6.45) is 0.567. The first kappa shape index (κ1) is 10.9. The zero-order valence-electron chi connectivity index (χ0n) is 7.73. The van der Waals surface area contributed by atoms with Crippen molar-refractivity contribution in [3.8, 4) is 0 Å². The van der Waals surface area contributed by atoms with Gasteiger partial charge >= 0.3 is 5.97 Å². The fourth-order valence-corrected chi connectivity index (χ4v) is 1.33. The van der Waals surface area contributed by atoms with Crippen molar-refractivity contribution < 1.29 is 9.53 Å². The molecule has 0 amide bonds. The van der Waals surface area contributed by atoms with E-state index in [1.54, 1.807) is 0 Å². The van der Waals surface area contributed by atoms with E-state index in [1.807, 2.05) is 6.92 Å². The predicted octanol–water partition coefficient (Wildman–Crippen LogP) is 2.03. The maximum Gasteiger partial charge on any atom is 0.309 e. The Morgan fingerprint density at radius 3 is 2.36 bits per heavy atom. The lowest BCUT2D eigenvalue weighted by Crippen LogP contribution is -2.12. The molecule has 0 fully saturated rings. The molecule has 0 aliphatic carbocycles. The molecule has 0 N–H and O–H groups in total. The molecule has 0 radical (unpaired) electrons. The van der Waals surface area contributed by atoms with Gasteiger partial charge in [-0.25, -0.2) is 0 Å². The van der Waals surface area contributed by atoms with Crippen molar-refractivity contribution in [3.05, 3.63) is 0 Å². The first-order valence-corrected chi connectivity index (χ1v) is 5.07. The zero-order valence-corrected chi connectivity index (χ0v) is 8.73. The standard InChI is InChI=1S/C8H17O2P/c1-5-10-7(9)6-11-8(2,3)4/h11H,5-6H2,1-4H3. The number of carbonyl (C=O) groups is 1. The van der Waals surface area contributed by atoms with Gasteiger partial charge < -0.3 is 4.74 Å². The summed E-state index contributed by atoms with van der Waals surface area (Å²) in [5.74, 6) is -0.0687. The molecule has 11 heavy (non-hydrogen) atoms. The van der Waals surface area contributed by atoms with E-state index in [1.165, 1.54) is 0 Å². The largest absolute Gasteiger partial charge is 0.466 e. The zero-order chi connectivity index (χ0) is 8.91. The molecular formula is C8H17O2P. The highest BCUT2D eigenvalue weighted by molar-refractivity contribution is 7.41. The lowest BCUT2D eigenvalue weighted by Gasteiger charge is -2.16. The van der Waals surface area contributed by atoms with E-state index >= 15 is 0 Å². The summed E-state index contributed by atoms with van der Waals surface area (Å²) in [6.45, 7) is 8.71. The van der Waals surface area contributed by atoms with Crippen LogP contribution in [0.3, 0.4) is 0 Å². The summed E-state index contributed by atoms with van der Waals surface area (Å²) in [5.41, 5.74) is 0. The van der Waals surface area contributed by atoms with E-state index in [-0.39, 0.29) is 11.1 Å². The lowest BCUT2D eigenvalue weighted by atomic mass is 10.3. The van der Waals surface area contributed by atoms with Gasteiger partial charge in [0, 0.05) is 0 Å². The van der Waals surface area contributed by atoms with Crippen molar-refractivity contribution in [3.63, 3.8) is 0 Å². The second-order valence-corrected chi connectivity index (χ2v) is 5.62. The normalized spacial score (nSPS) is 12.4. The van der Waals surface area contributed by atoms with Gasteiger partial charge in [-0.1, -0.05) is 20.8 Å². The van der Waals surface area contributed by atoms with Crippen LogP contribution < -0.4 is 0 Å². The maximum absolute atomic E-state index is 10.9. The third kappa shape index (κ3) is 7.80. The number of ether oxygens (including phenoxy) is 1. The highest BCUT2D eigenvalue weighted by Crippen LogP contribution is 2.29. The van der Waals surface area contributed by atoms with E-state index in [4.69, 9.17) is 4.74 Å². The average molecular weight is 176 g/mol. The molecule has 0 aromatic rings. The molecule has 0 aromatic heterocycles. The Hall–Kier alpha value is -0.100. The number of rotatable bonds is 3. The highest BCUT2D eigenvalue weighted by atomic mass is 31.1. The monoisotopic (exact) mass is 176 g/mol. The minimum absolute atomic E-state index is 0.0687. The van der Waals surface area contributed by atoms with Crippen LogP contribution in [0.5, 0.6) is 0 Å². The van der Waals surface area contributed by atoms with Gasteiger partial charge in [0.25, 0.3) is 0 Å². The molecule has 0 aromatic carbocycles. The van der Waals surface area contributed by atoms with Crippen LogP contribution in [0.4, 0.5) is 0 Å². The second kappa shape index (κ2) is 4.71. The molecule has 1 unspecified atom stereocenters. The van der Waals surface area contributed by atoms with Gasteiger partial charge in [-0.05, 0) is 12.1 Å². The molecule has 2 nitrogen and oxygen atoms in total. The summed E-state index contributed by atoms with van der Waals surface area (Å²) in [7, 11) is 0.657. The molecule has 66 valence electrons. The van der Waals surface area contributed by atoms with E-state index in [0.29, 0.717) is 21.3 Å². The van der Waals surface area contributed by atoms with Crippen LogP contribution in [0.25, 0.3) is 0 Å². The van der Waals surface area contributed by atoms with Gasteiger partial charge in [0.05, 0.1) is 12.8 Å².